The molecule has 0 aromatic carbocycles. The summed E-state index contributed by atoms with van der Waals surface area (Å²) in [4.78, 5) is 47.9. The zero-order valence-corrected chi connectivity index (χ0v) is 25.2. The molecule has 0 aliphatic carbocycles. The Morgan fingerprint density at radius 3 is 2.00 bits per heavy atom. The normalized spacial score (nSPS) is 38.7. The second-order valence-electron chi connectivity index (χ2n) is 11.2. The van der Waals surface area contributed by atoms with Crippen molar-refractivity contribution in [3.05, 3.63) is 0 Å². The molecule has 0 amide bonds. The molecule has 0 unspecified atom stereocenters. The van der Waals surface area contributed by atoms with Crippen LogP contribution >= 0.6 is 11.8 Å². The number of rotatable bonds is 8. The highest BCUT2D eigenvalue weighted by atomic mass is 32.2. The molecule has 0 radical (unpaired) electrons. The van der Waals surface area contributed by atoms with E-state index in [4.69, 9.17) is 47.4 Å². The van der Waals surface area contributed by atoms with Crippen molar-refractivity contribution in [1.29, 1.82) is 0 Å². The van der Waals surface area contributed by atoms with Gasteiger partial charge in [-0.3, -0.25) is 19.2 Å². The number of hydrogen-bond acceptors (Lipinski definition) is 15. The molecule has 232 valence electrons. The van der Waals surface area contributed by atoms with Gasteiger partial charge in [0.25, 0.3) is 0 Å². The third-order valence-corrected chi connectivity index (χ3v) is 7.95. The van der Waals surface area contributed by atoms with Crippen molar-refractivity contribution in [2.24, 2.45) is 0 Å². The largest absolute Gasteiger partial charge is 0.463 e. The van der Waals surface area contributed by atoms with Gasteiger partial charge in [0.2, 0.25) is 5.79 Å². The van der Waals surface area contributed by atoms with E-state index in [0.29, 0.717) is 0 Å². The summed E-state index contributed by atoms with van der Waals surface area (Å²) < 4.78 is 58.8. The average Bonchev–Trinajstić information content (AvgIpc) is 3.29. The minimum atomic E-state index is -1.31. The maximum Gasteiger partial charge on any atom is 0.303 e. The van der Waals surface area contributed by atoms with E-state index in [1.165, 1.54) is 20.8 Å². The quantitative estimate of drug-likeness (QED) is 0.286. The van der Waals surface area contributed by atoms with Crippen LogP contribution < -0.4 is 0 Å². The highest BCUT2D eigenvalue weighted by Crippen LogP contribution is 2.49. The van der Waals surface area contributed by atoms with E-state index in [1.54, 1.807) is 27.7 Å². The summed E-state index contributed by atoms with van der Waals surface area (Å²) in [6.07, 6.45) is -6.35. The lowest BCUT2D eigenvalue weighted by Crippen LogP contribution is -2.63. The number of carbonyl (C=O) groups excluding carboxylic acids is 4. The van der Waals surface area contributed by atoms with E-state index in [1.807, 2.05) is 0 Å². The third kappa shape index (κ3) is 7.32. The van der Waals surface area contributed by atoms with Gasteiger partial charge in [-0.15, -0.1) is 11.8 Å². The van der Waals surface area contributed by atoms with Crippen LogP contribution in [0.15, 0.2) is 0 Å². The molecule has 0 spiro atoms. The van der Waals surface area contributed by atoms with Crippen molar-refractivity contribution in [3.63, 3.8) is 0 Å². The third-order valence-electron chi connectivity index (χ3n) is 6.67. The van der Waals surface area contributed by atoms with Crippen molar-refractivity contribution < 1.29 is 66.5 Å². The molecule has 0 bridgehead atoms. The van der Waals surface area contributed by atoms with Crippen LogP contribution in [0.2, 0.25) is 0 Å². The fourth-order valence-electron chi connectivity index (χ4n) is 5.47. The van der Waals surface area contributed by atoms with Crippen LogP contribution in [0.4, 0.5) is 0 Å². The Hall–Kier alpha value is -2.01. The molecule has 4 fully saturated rings. The molecule has 0 N–H and O–H groups in total. The smallest absolute Gasteiger partial charge is 0.303 e. The molecular weight excluding hydrogens is 568 g/mol. The van der Waals surface area contributed by atoms with Crippen molar-refractivity contribution in [2.45, 2.75) is 121 Å². The lowest BCUT2D eigenvalue weighted by atomic mass is 9.98. The molecule has 41 heavy (non-hydrogen) atoms. The average molecular weight is 607 g/mol. The van der Waals surface area contributed by atoms with Gasteiger partial charge >= 0.3 is 23.9 Å². The highest BCUT2D eigenvalue weighted by molar-refractivity contribution is 7.99. The van der Waals surface area contributed by atoms with Crippen LogP contribution in [0.5, 0.6) is 0 Å². The molecule has 9 atom stereocenters. The second kappa shape index (κ2) is 11.9. The first kappa shape index (κ1) is 31.9. The standard InChI is InChI=1S/C26H38O14S/c1-12(27)31-9-16-18(33-13(2)28)20(34-14(3)29)21(35-15(4)30)23(36-16)41-11-26-22(39-25(7,8)40-26)19-17(10-32-26)37-24(5,6)38-19/h16-23H,9-11H2,1-8H3/t16-,17-,18-,19-,20+,21-,22+,23+,26+/m1/s1. The van der Waals surface area contributed by atoms with Gasteiger partial charge in [0.1, 0.15) is 36.5 Å². The summed E-state index contributed by atoms with van der Waals surface area (Å²) in [7, 11) is 0. The molecule has 4 aliphatic rings. The first-order chi connectivity index (χ1) is 19.0. The number of carbonyl (C=O) groups is 4. The van der Waals surface area contributed by atoms with E-state index in [2.05, 4.69) is 0 Å². The minimum Gasteiger partial charge on any atom is -0.463 e. The van der Waals surface area contributed by atoms with Gasteiger partial charge in [0.15, 0.2) is 29.9 Å². The number of ether oxygens (including phenoxy) is 10. The fourth-order valence-corrected chi connectivity index (χ4v) is 6.79. The Morgan fingerprint density at radius 1 is 0.780 bits per heavy atom. The Bertz CT molecular complexity index is 1030. The highest BCUT2D eigenvalue weighted by Gasteiger charge is 2.66. The molecule has 4 heterocycles. The van der Waals surface area contributed by atoms with Crippen molar-refractivity contribution in [3.8, 4) is 0 Å². The molecule has 0 saturated carbocycles. The molecule has 0 aromatic rings. The molecule has 4 aliphatic heterocycles. The van der Waals surface area contributed by atoms with E-state index in [-0.39, 0.29) is 25.1 Å². The number of hydrogen-bond donors (Lipinski definition) is 0. The maximum atomic E-state index is 12.2. The summed E-state index contributed by atoms with van der Waals surface area (Å²) in [5, 5.41) is 0. The van der Waals surface area contributed by atoms with Crippen molar-refractivity contribution in [2.75, 3.05) is 19.0 Å². The van der Waals surface area contributed by atoms with Crippen LogP contribution in [0.3, 0.4) is 0 Å². The van der Waals surface area contributed by atoms with E-state index < -0.39 is 83.3 Å². The second-order valence-corrected chi connectivity index (χ2v) is 12.3. The maximum absolute atomic E-state index is 12.2. The Labute approximate surface area is 242 Å². The van der Waals surface area contributed by atoms with Crippen LogP contribution in [0.1, 0.15) is 55.4 Å². The molecule has 0 aromatic heterocycles. The van der Waals surface area contributed by atoms with Gasteiger partial charge in [-0.2, -0.15) is 0 Å². The first-order valence-electron chi connectivity index (χ1n) is 13.3. The van der Waals surface area contributed by atoms with Gasteiger partial charge in [-0.25, -0.2) is 0 Å². The Morgan fingerprint density at radius 2 is 1.39 bits per heavy atom. The molecule has 14 nitrogen and oxygen atoms in total. The van der Waals surface area contributed by atoms with Gasteiger partial charge in [-0.1, -0.05) is 0 Å². The summed E-state index contributed by atoms with van der Waals surface area (Å²) >= 11 is 1.15. The molecular formula is C26H38O14S. The minimum absolute atomic E-state index is 0.0991. The summed E-state index contributed by atoms with van der Waals surface area (Å²) in [6.45, 7) is 11.7. The number of fused-ring (bicyclic) bond motifs is 3. The van der Waals surface area contributed by atoms with E-state index in [0.717, 1.165) is 18.7 Å². The lowest BCUT2D eigenvalue weighted by Gasteiger charge is -2.45. The van der Waals surface area contributed by atoms with Gasteiger partial charge in [-0.05, 0) is 27.7 Å². The Kier molecular flexibility index (Phi) is 9.29. The Balaban J connectivity index is 1.63. The molecule has 4 rings (SSSR count). The van der Waals surface area contributed by atoms with Gasteiger partial charge in [0.05, 0.1) is 12.4 Å². The van der Waals surface area contributed by atoms with Crippen LogP contribution in [-0.4, -0.2) is 108 Å². The number of thioether (sulfide) groups is 1. The van der Waals surface area contributed by atoms with Crippen LogP contribution in [-0.2, 0) is 66.5 Å². The zero-order chi connectivity index (χ0) is 30.3. The predicted octanol–water partition coefficient (Wildman–Crippen LogP) is 1.20. The fraction of sp³-hybridized carbons (Fsp3) is 0.846. The van der Waals surface area contributed by atoms with Crippen molar-refractivity contribution in [1.82, 2.24) is 0 Å². The van der Waals surface area contributed by atoms with Gasteiger partial charge in [0, 0.05) is 27.7 Å². The van der Waals surface area contributed by atoms with E-state index in [9.17, 15) is 19.2 Å². The van der Waals surface area contributed by atoms with Gasteiger partial charge < -0.3 is 47.4 Å². The topological polar surface area (TPSA) is 161 Å². The monoisotopic (exact) mass is 606 g/mol. The zero-order valence-electron chi connectivity index (χ0n) is 24.4. The van der Waals surface area contributed by atoms with Crippen LogP contribution in [0, 0.1) is 0 Å². The van der Waals surface area contributed by atoms with Crippen LogP contribution in [0.25, 0.3) is 0 Å². The predicted molar refractivity (Wildman–Crippen MR) is 137 cm³/mol. The number of esters is 4. The summed E-state index contributed by atoms with van der Waals surface area (Å²) in [6, 6.07) is 0. The first-order valence-corrected chi connectivity index (χ1v) is 14.4. The SMILES string of the molecule is CC(=O)OC[C@H]1O[C@@H](SC[C@@]23OC[C@H]4OC(C)(C)O[C@H]4[C@@H]2OC(C)(C)O3)[C@H](OC(C)=O)[C@@H](OC(C)=O)[C@@H]1OC(C)=O. The summed E-state index contributed by atoms with van der Waals surface area (Å²) in [5.41, 5.74) is -1.00. The molecule has 4 saturated heterocycles. The van der Waals surface area contributed by atoms with E-state index >= 15 is 0 Å². The lowest BCUT2D eigenvalue weighted by molar-refractivity contribution is -0.268. The van der Waals surface area contributed by atoms with Crippen molar-refractivity contribution >= 4 is 35.6 Å². The molecule has 15 heteroatoms. The summed E-state index contributed by atoms with van der Waals surface area (Å²) in [5.74, 6) is -5.79.